The van der Waals surface area contributed by atoms with Crippen molar-refractivity contribution in [2.45, 2.75) is 57.3 Å². The lowest BCUT2D eigenvalue weighted by Gasteiger charge is -2.19. The Morgan fingerprint density at radius 1 is 1.14 bits per heavy atom. The molecule has 21 heavy (non-hydrogen) atoms. The van der Waals surface area contributed by atoms with Gasteiger partial charge in [0.05, 0.1) is 0 Å². The molecule has 3 nitrogen and oxygen atoms in total. The molecule has 1 aliphatic carbocycles. The van der Waals surface area contributed by atoms with E-state index in [-0.39, 0.29) is 6.54 Å². The van der Waals surface area contributed by atoms with Crippen molar-refractivity contribution in [1.29, 1.82) is 0 Å². The molecule has 1 N–H and O–H groups in total. The van der Waals surface area contributed by atoms with Crippen LogP contribution < -0.4 is 10.9 Å². The molecule has 0 amide bonds. The summed E-state index contributed by atoms with van der Waals surface area (Å²) in [6, 6.07) is 3.63. The van der Waals surface area contributed by atoms with E-state index in [2.05, 4.69) is 5.32 Å². The van der Waals surface area contributed by atoms with Crippen molar-refractivity contribution in [2.75, 3.05) is 6.54 Å². The lowest BCUT2D eigenvalue weighted by atomic mass is 10.1. The van der Waals surface area contributed by atoms with Crippen LogP contribution in [0.2, 0.25) is 0 Å². The van der Waals surface area contributed by atoms with Gasteiger partial charge in [-0.1, -0.05) is 31.7 Å². The minimum atomic E-state index is -4.50. The van der Waals surface area contributed by atoms with Gasteiger partial charge in [0, 0.05) is 25.2 Å². The summed E-state index contributed by atoms with van der Waals surface area (Å²) in [7, 11) is 0. The largest absolute Gasteiger partial charge is 0.431 e. The van der Waals surface area contributed by atoms with Crippen molar-refractivity contribution in [3.8, 4) is 0 Å². The average Bonchev–Trinajstić information content (AvgIpc) is 2.68. The Morgan fingerprint density at radius 3 is 2.43 bits per heavy atom. The molecule has 1 heterocycles. The molecule has 1 aromatic rings. The molecule has 0 unspecified atom stereocenters. The highest BCUT2D eigenvalue weighted by Crippen LogP contribution is 2.28. The molecule has 0 spiro atoms. The van der Waals surface area contributed by atoms with Gasteiger partial charge in [-0.25, -0.2) is 0 Å². The molecule has 0 radical (unpaired) electrons. The summed E-state index contributed by atoms with van der Waals surface area (Å²) in [6.07, 6.45) is 2.42. The van der Waals surface area contributed by atoms with Crippen LogP contribution in [0, 0.1) is 0 Å². The van der Waals surface area contributed by atoms with Crippen molar-refractivity contribution in [2.24, 2.45) is 0 Å². The molecule has 6 heteroatoms. The van der Waals surface area contributed by atoms with Crippen LogP contribution in [0.3, 0.4) is 0 Å². The molecule has 2 rings (SSSR count). The first-order chi connectivity index (χ1) is 9.98. The predicted octanol–water partition coefficient (Wildman–Crippen LogP) is 3.18. The molecule has 118 valence electrons. The van der Waals surface area contributed by atoms with Crippen LogP contribution in [0.5, 0.6) is 0 Å². The summed E-state index contributed by atoms with van der Waals surface area (Å²) in [4.78, 5) is 11.7. The third kappa shape index (κ3) is 4.59. The van der Waals surface area contributed by atoms with Crippen molar-refractivity contribution < 1.29 is 13.2 Å². The van der Waals surface area contributed by atoms with Crippen LogP contribution in [0.4, 0.5) is 13.2 Å². The molecule has 1 aromatic heterocycles. The summed E-state index contributed by atoms with van der Waals surface area (Å²) in [5, 5.41) is 3.29. The van der Waals surface area contributed by atoms with Gasteiger partial charge in [-0.15, -0.1) is 0 Å². The number of aromatic nitrogens is 1. The Hall–Kier alpha value is -1.30. The SMILES string of the molecule is O=c1cccc(C(F)(F)F)n1CCNC1CCCCCC1. The van der Waals surface area contributed by atoms with Crippen LogP contribution in [0.1, 0.15) is 44.2 Å². The van der Waals surface area contributed by atoms with Gasteiger partial charge >= 0.3 is 6.18 Å². The molecule has 0 aliphatic heterocycles. The third-order valence-electron chi connectivity index (χ3n) is 3.96. The fraction of sp³-hybridized carbons (Fsp3) is 0.667. The number of nitrogens with zero attached hydrogens (tertiary/aromatic N) is 1. The van der Waals surface area contributed by atoms with E-state index in [9.17, 15) is 18.0 Å². The topological polar surface area (TPSA) is 34.0 Å². The molecule has 0 bridgehead atoms. The first-order valence-corrected chi connectivity index (χ1v) is 7.49. The number of pyridine rings is 1. The lowest BCUT2D eigenvalue weighted by Crippen LogP contribution is -2.35. The molecule has 1 aliphatic rings. The zero-order valence-corrected chi connectivity index (χ0v) is 12.0. The zero-order valence-electron chi connectivity index (χ0n) is 12.0. The number of hydrogen-bond acceptors (Lipinski definition) is 2. The zero-order chi connectivity index (χ0) is 15.3. The Balaban J connectivity index is 1.98. The molecular formula is C15H21F3N2O. The highest BCUT2D eigenvalue weighted by atomic mass is 19.4. The van der Waals surface area contributed by atoms with Gasteiger partial charge in [0.15, 0.2) is 0 Å². The molecular weight excluding hydrogens is 281 g/mol. The first kappa shape index (κ1) is 16.1. The first-order valence-electron chi connectivity index (χ1n) is 7.49. The van der Waals surface area contributed by atoms with Crippen LogP contribution in [0.15, 0.2) is 23.0 Å². The molecule has 0 atom stereocenters. The Bertz CT molecular complexity index is 502. The third-order valence-corrected chi connectivity index (χ3v) is 3.96. The van der Waals surface area contributed by atoms with Gasteiger partial charge in [0.25, 0.3) is 5.56 Å². The van der Waals surface area contributed by atoms with Gasteiger partial charge in [-0.2, -0.15) is 13.2 Å². The van der Waals surface area contributed by atoms with Crippen molar-refractivity contribution in [1.82, 2.24) is 9.88 Å². The average molecular weight is 302 g/mol. The minimum Gasteiger partial charge on any atom is -0.312 e. The van der Waals surface area contributed by atoms with Crippen molar-refractivity contribution in [3.63, 3.8) is 0 Å². The van der Waals surface area contributed by atoms with Gasteiger partial charge < -0.3 is 9.88 Å². The maximum absolute atomic E-state index is 12.9. The Morgan fingerprint density at radius 2 is 1.81 bits per heavy atom. The highest BCUT2D eigenvalue weighted by Gasteiger charge is 2.33. The van der Waals surface area contributed by atoms with Crippen molar-refractivity contribution in [3.05, 3.63) is 34.2 Å². The van der Waals surface area contributed by atoms with E-state index < -0.39 is 17.4 Å². The van der Waals surface area contributed by atoms with Gasteiger partial charge in [-0.3, -0.25) is 4.79 Å². The standard InChI is InChI=1S/C15H21F3N2O/c16-15(17,18)13-8-5-9-14(21)20(13)11-10-19-12-6-3-1-2-4-7-12/h5,8-9,12,19H,1-4,6-7,10-11H2. The van der Waals surface area contributed by atoms with Gasteiger partial charge in [0.2, 0.25) is 0 Å². The van der Waals surface area contributed by atoms with Crippen LogP contribution in [0.25, 0.3) is 0 Å². The lowest BCUT2D eigenvalue weighted by molar-refractivity contribution is -0.144. The smallest absolute Gasteiger partial charge is 0.312 e. The molecule has 1 fully saturated rings. The Kier molecular flexibility index (Phi) is 5.45. The van der Waals surface area contributed by atoms with Crippen molar-refractivity contribution >= 4 is 0 Å². The maximum Gasteiger partial charge on any atom is 0.431 e. The van der Waals surface area contributed by atoms with E-state index in [1.54, 1.807) is 0 Å². The molecule has 0 aromatic carbocycles. The summed E-state index contributed by atoms with van der Waals surface area (Å²) in [5.41, 5.74) is -1.48. The van der Waals surface area contributed by atoms with E-state index in [1.165, 1.54) is 18.9 Å². The van der Waals surface area contributed by atoms with Crippen LogP contribution >= 0.6 is 0 Å². The highest BCUT2D eigenvalue weighted by molar-refractivity contribution is 5.10. The summed E-state index contributed by atoms with van der Waals surface area (Å²) in [5.74, 6) is 0. The molecule has 0 saturated heterocycles. The van der Waals surface area contributed by atoms with Gasteiger partial charge in [0.1, 0.15) is 5.69 Å². The second-order valence-corrected chi connectivity index (χ2v) is 5.54. The van der Waals surface area contributed by atoms with E-state index in [4.69, 9.17) is 0 Å². The number of alkyl halides is 3. The fourth-order valence-corrected chi connectivity index (χ4v) is 2.86. The summed E-state index contributed by atoms with van der Waals surface area (Å²) in [6.45, 7) is 0.433. The number of nitrogens with one attached hydrogen (secondary N) is 1. The second-order valence-electron chi connectivity index (χ2n) is 5.54. The number of rotatable bonds is 4. The van der Waals surface area contributed by atoms with Crippen LogP contribution in [-0.2, 0) is 12.7 Å². The molecule has 1 saturated carbocycles. The maximum atomic E-state index is 12.9. The van der Waals surface area contributed by atoms with E-state index in [0.29, 0.717) is 12.6 Å². The number of hydrogen-bond donors (Lipinski definition) is 1. The second kappa shape index (κ2) is 7.11. The number of halogens is 3. The predicted molar refractivity (Wildman–Crippen MR) is 75.2 cm³/mol. The van der Waals surface area contributed by atoms with Gasteiger partial charge in [-0.05, 0) is 18.9 Å². The summed E-state index contributed by atoms with van der Waals surface area (Å²) >= 11 is 0. The van der Waals surface area contributed by atoms with E-state index >= 15 is 0 Å². The monoisotopic (exact) mass is 302 g/mol. The quantitative estimate of drug-likeness (QED) is 0.867. The van der Waals surface area contributed by atoms with Crippen LogP contribution in [-0.4, -0.2) is 17.2 Å². The minimum absolute atomic E-state index is 0.0466. The fourth-order valence-electron chi connectivity index (χ4n) is 2.86. The Labute approximate surface area is 122 Å². The normalized spacial score (nSPS) is 17.7. The summed E-state index contributed by atoms with van der Waals surface area (Å²) < 4.78 is 39.5. The van der Waals surface area contributed by atoms with E-state index in [1.807, 2.05) is 0 Å². The van der Waals surface area contributed by atoms with E-state index in [0.717, 1.165) is 42.4 Å².